The van der Waals surface area contributed by atoms with Crippen molar-refractivity contribution in [2.45, 2.75) is 32.4 Å². The molecule has 3 aromatic rings. The third-order valence-corrected chi connectivity index (χ3v) is 4.37. The van der Waals surface area contributed by atoms with Crippen LogP contribution < -0.4 is 10.6 Å². The minimum absolute atomic E-state index is 0.147. The lowest BCUT2D eigenvalue weighted by Crippen LogP contribution is -2.38. The summed E-state index contributed by atoms with van der Waals surface area (Å²) < 4.78 is 0. The number of hydrogen-bond acceptors (Lipinski definition) is 3. The molecule has 28 heavy (non-hydrogen) atoms. The zero-order chi connectivity index (χ0) is 19.9. The number of carbonyl (C=O) groups is 2. The van der Waals surface area contributed by atoms with Crippen molar-refractivity contribution in [2.24, 2.45) is 0 Å². The molecule has 0 fully saturated rings. The number of H-pyrrole nitrogens is 1. The Morgan fingerprint density at radius 3 is 2.29 bits per heavy atom. The lowest BCUT2D eigenvalue weighted by molar-refractivity contribution is -0.122. The van der Waals surface area contributed by atoms with E-state index in [1.165, 1.54) is 0 Å². The molecule has 2 atom stereocenters. The van der Waals surface area contributed by atoms with Crippen molar-refractivity contribution in [2.75, 3.05) is 0 Å². The molecule has 0 saturated heterocycles. The summed E-state index contributed by atoms with van der Waals surface area (Å²) in [6.45, 7) is 3.68. The van der Waals surface area contributed by atoms with E-state index in [1.807, 2.05) is 50.2 Å². The first-order valence-electron chi connectivity index (χ1n) is 9.28. The Kier molecular flexibility index (Phi) is 6.22. The van der Waals surface area contributed by atoms with E-state index < -0.39 is 0 Å². The van der Waals surface area contributed by atoms with Crippen LogP contribution in [0.3, 0.4) is 0 Å². The number of hydrogen-bond donors (Lipinski definition) is 3. The molecule has 3 N–H and O–H groups in total. The van der Waals surface area contributed by atoms with Crippen molar-refractivity contribution >= 4 is 11.8 Å². The van der Waals surface area contributed by atoms with Crippen LogP contribution in [0, 0.1) is 0 Å². The van der Waals surface area contributed by atoms with E-state index in [0.29, 0.717) is 11.4 Å². The lowest BCUT2D eigenvalue weighted by Gasteiger charge is -2.16. The van der Waals surface area contributed by atoms with E-state index in [-0.39, 0.29) is 30.3 Å². The summed E-state index contributed by atoms with van der Waals surface area (Å²) in [7, 11) is 0. The van der Waals surface area contributed by atoms with Crippen molar-refractivity contribution in [1.82, 2.24) is 20.6 Å². The zero-order valence-corrected chi connectivity index (χ0v) is 16.0. The van der Waals surface area contributed by atoms with Gasteiger partial charge in [0.05, 0.1) is 17.9 Å². The second-order valence-corrected chi connectivity index (χ2v) is 6.78. The van der Waals surface area contributed by atoms with Crippen molar-refractivity contribution < 1.29 is 9.59 Å². The highest BCUT2D eigenvalue weighted by Gasteiger charge is 2.17. The molecule has 0 saturated carbocycles. The molecule has 0 aliphatic rings. The van der Waals surface area contributed by atoms with E-state index in [2.05, 4.69) is 20.6 Å². The predicted molar refractivity (Wildman–Crippen MR) is 109 cm³/mol. The summed E-state index contributed by atoms with van der Waals surface area (Å²) in [5, 5.41) is 5.76. The summed E-state index contributed by atoms with van der Waals surface area (Å²) in [6, 6.07) is 18.3. The molecular formula is C22H24N4O2. The first-order valence-corrected chi connectivity index (χ1v) is 9.28. The first-order chi connectivity index (χ1) is 13.5. The molecular weight excluding hydrogens is 352 g/mol. The zero-order valence-electron chi connectivity index (χ0n) is 16.0. The molecule has 0 radical (unpaired) electrons. The van der Waals surface area contributed by atoms with Gasteiger partial charge in [-0.1, -0.05) is 48.5 Å². The maximum Gasteiger partial charge on any atom is 0.251 e. The highest BCUT2D eigenvalue weighted by Crippen LogP contribution is 2.18. The monoisotopic (exact) mass is 376 g/mol. The van der Waals surface area contributed by atoms with Gasteiger partial charge in [-0.15, -0.1) is 0 Å². The molecule has 6 nitrogen and oxygen atoms in total. The quantitative estimate of drug-likeness (QED) is 0.590. The Morgan fingerprint density at radius 2 is 1.61 bits per heavy atom. The van der Waals surface area contributed by atoms with Gasteiger partial charge in [0.2, 0.25) is 5.91 Å². The van der Waals surface area contributed by atoms with E-state index in [1.54, 1.807) is 30.5 Å². The van der Waals surface area contributed by atoms with Gasteiger partial charge in [-0.2, -0.15) is 0 Å². The van der Waals surface area contributed by atoms with Crippen LogP contribution in [0.25, 0.3) is 11.3 Å². The lowest BCUT2D eigenvalue weighted by atomic mass is 10.1. The largest absolute Gasteiger partial charge is 0.349 e. The van der Waals surface area contributed by atoms with Gasteiger partial charge in [0.25, 0.3) is 5.91 Å². The van der Waals surface area contributed by atoms with Crippen molar-refractivity contribution in [3.05, 3.63) is 78.2 Å². The number of imidazole rings is 1. The minimum atomic E-state index is -0.281. The van der Waals surface area contributed by atoms with Gasteiger partial charge in [-0.25, -0.2) is 4.98 Å². The first kappa shape index (κ1) is 19.4. The molecule has 6 heteroatoms. The SMILES string of the molecule is CC(CC(=O)NC(C)c1ncc(-c2ccccc2)[nH]1)NC(=O)c1ccccc1. The van der Waals surface area contributed by atoms with E-state index >= 15 is 0 Å². The maximum atomic E-state index is 12.3. The Balaban J connectivity index is 1.51. The Bertz CT molecular complexity index is 922. The Labute approximate surface area is 164 Å². The number of aromatic nitrogens is 2. The topological polar surface area (TPSA) is 86.9 Å². The Hall–Kier alpha value is -3.41. The fourth-order valence-electron chi connectivity index (χ4n) is 2.92. The third kappa shape index (κ3) is 5.07. The van der Waals surface area contributed by atoms with Crippen LogP contribution in [0.1, 0.15) is 42.5 Å². The van der Waals surface area contributed by atoms with Crippen LogP contribution in [0.15, 0.2) is 66.9 Å². The highest BCUT2D eigenvalue weighted by atomic mass is 16.2. The summed E-state index contributed by atoms with van der Waals surface area (Å²) in [6.07, 6.45) is 1.95. The fourth-order valence-corrected chi connectivity index (χ4v) is 2.92. The second kappa shape index (κ2) is 8.99. The van der Waals surface area contributed by atoms with Gasteiger partial charge >= 0.3 is 0 Å². The van der Waals surface area contributed by atoms with Crippen LogP contribution in [0.5, 0.6) is 0 Å². The van der Waals surface area contributed by atoms with Gasteiger partial charge in [-0.05, 0) is 31.5 Å². The van der Waals surface area contributed by atoms with Gasteiger partial charge in [0, 0.05) is 18.0 Å². The molecule has 0 aliphatic carbocycles. The third-order valence-electron chi connectivity index (χ3n) is 4.37. The smallest absolute Gasteiger partial charge is 0.251 e. The number of nitrogens with zero attached hydrogens (tertiary/aromatic N) is 1. The van der Waals surface area contributed by atoms with Crippen LogP contribution in [0.4, 0.5) is 0 Å². The van der Waals surface area contributed by atoms with Crippen molar-refractivity contribution in [3.63, 3.8) is 0 Å². The summed E-state index contributed by atoms with van der Waals surface area (Å²) >= 11 is 0. The van der Waals surface area contributed by atoms with E-state index in [4.69, 9.17) is 0 Å². The van der Waals surface area contributed by atoms with Crippen LogP contribution >= 0.6 is 0 Å². The average Bonchev–Trinajstić information content (AvgIpc) is 3.19. The summed E-state index contributed by atoms with van der Waals surface area (Å²) in [5.41, 5.74) is 2.52. The van der Waals surface area contributed by atoms with Crippen LogP contribution in [0.2, 0.25) is 0 Å². The molecule has 0 aliphatic heterocycles. The molecule has 2 unspecified atom stereocenters. The Morgan fingerprint density at radius 1 is 0.964 bits per heavy atom. The van der Waals surface area contributed by atoms with Gasteiger partial charge in [-0.3, -0.25) is 9.59 Å². The fraction of sp³-hybridized carbons (Fsp3) is 0.227. The summed E-state index contributed by atoms with van der Waals surface area (Å²) in [5.74, 6) is 0.353. The second-order valence-electron chi connectivity index (χ2n) is 6.78. The van der Waals surface area contributed by atoms with E-state index in [9.17, 15) is 9.59 Å². The molecule has 2 amide bonds. The van der Waals surface area contributed by atoms with Gasteiger partial charge < -0.3 is 15.6 Å². The standard InChI is InChI=1S/C22H24N4O2/c1-15(24-22(28)18-11-7-4-8-12-18)13-20(27)25-16(2)21-23-14-19(26-21)17-9-5-3-6-10-17/h3-12,14-16H,13H2,1-2H3,(H,23,26)(H,24,28)(H,25,27). The highest BCUT2D eigenvalue weighted by molar-refractivity contribution is 5.94. The molecule has 144 valence electrons. The minimum Gasteiger partial charge on any atom is -0.349 e. The van der Waals surface area contributed by atoms with Crippen LogP contribution in [-0.4, -0.2) is 27.8 Å². The van der Waals surface area contributed by atoms with Crippen LogP contribution in [-0.2, 0) is 4.79 Å². The number of benzene rings is 2. The predicted octanol–water partition coefficient (Wildman–Crippen LogP) is 3.46. The van der Waals surface area contributed by atoms with Gasteiger partial charge in [0.15, 0.2) is 0 Å². The number of aromatic amines is 1. The van der Waals surface area contributed by atoms with Gasteiger partial charge in [0.1, 0.15) is 5.82 Å². The number of rotatable bonds is 7. The maximum absolute atomic E-state index is 12.3. The number of amides is 2. The molecule has 3 rings (SSSR count). The normalized spacial score (nSPS) is 12.8. The number of carbonyl (C=O) groups excluding carboxylic acids is 2. The van der Waals surface area contributed by atoms with E-state index in [0.717, 1.165) is 11.3 Å². The summed E-state index contributed by atoms with van der Waals surface area (Å²) in [4.78, 5) is 32.1. The molecule has 1 aromatic heterocycles. The molecule has 0 bridgehead atoms. The van der Waals surface area contributed by atoms with Crippen molar-refractivity contribution in [3.8, 4) is 11.3 Å². The van der Waals surface area contributed by atoms with Crippen molar-refractivity contribution in [1.29, 1.82) is 0 Å². The molecule has 1 heterocycles. The number of nitrogens with one attached hydrogen (secondary N) is 3. The molecule has 0 spiro atoms. The molecule has 2 aromatic carbocycles. The average molecular weight is 376 g/mol.